The third-order valence-corrected chi connectivity index (χ3v) is 7.32. The van der Waals surface area contributed by atoms with E-state index in [0.717, 1.165) is 35.5 Å². The molecular weight excluding hydrogens is 454 g/mol. The molecule has 1 aliphatic heterocycles. The number of Topliss-reactive ketones (excluding diaryl/α,β-unsaturated/α-hetero) is 1. The van der Waals surface area contributed by atoms with Gasteiger partial charge in [-0.05, 0) is 57.1 Å². The SMILES string of the molecule is C/C(=C\c1csc(C)n1)[C@@H]1C/C=C\CCC[C@H](C)[C@H](O)[C@@H](C)C(=O)C(CCO)[C@@H](O)CC(=O)O1. The first-order chi connectivity index (χ1) is 16.1. The highest BCUT2D eigenvalue weighted by Crippen LogP contribution is 2.26. The van der Waals surface area contributed by atoms with E-state index in [-0.39, 0.29) is 31.1 Å². The molecule has 0 aliphatic carbocycles. The van der Waals surface area contributed by atoms with Crippen molar-refractivity contribution in [1.29, 1.82) is 0 Å². The molecule has 6 atom stereocenters. The quantitative estimate of drug-likeness (QED) is 0.431. The van der Waals surface area contributed by atoms with Crippen molar-refractivity contribution in [1.82, 2.24) is 4.98 Å². The molecule has 1 aliphatic rings. The topological polar surface area (TPSA) is 117 Å². The normalized spacial score (nSPS) is 31.8. The van der Waals surface area contributed by atoms with Crippen LogP contribution in [0, 0.1) is 24.7 Å². The van der Waals surface area contributed by atoms with E-state index in [0.29, 0.717) is 6.42 Å². The number of esters is 1. The van der Waals surface area contributed by atoms with Gasteiger partial charge in [0.2, 0.25) is 0 Å². The van der Waals surface area contributed by atoms with Crippen molar-refractivity contribution in [2.45, 2.75) is 84.5 Å². The third-order valence-electron chi connectivity index (χ3n) is 6.53. The molecule has 0 saturated carbocycles. The Morgan fingerprint density at radius 3 is 2.65 bits per heavy atom. The predicted octanol–water partition coefficient (Wildman–Crippen LogP) is 3.85. The molecule has 0 amide bonds. The van der Waals surface area contributed by atoms with Crippen molar-refractivity contribution in [3.8, 4) is 0 Å². The highest BCUT2D eigenvalue weighted by molar-refractivity contribution is 7.09. The van der Waals surface area contributed by atoms with Gasteiger partial charge in [-0.3, -0.25) is 9.59 Å². The fraction of sp³-hybridized carbons (Fsp3) is 0.654. The molecule has 3 N–H and O–H groups in total. The zero-order chi connectivity index (χ0) is 25.3. The largest absolute Gasteiger partial charge is 0.457 e. The van der Waals surface area contributed by atoms with Crippen molar-refractivity contribution in [2.24, 2.45) is 17.8 Å². The minimum absolute atomic E-state index is 0.0208. The standard InChI is InChI=1S/C26H39NO6S/c1-16-9-7-5-6-8-10-23(17(2)13-20-15-34-19(4)27-20)33-24(30)14-22(29)21(11-12-28)26(32)18(3)25(16)31/h6,8,13,15-16,18,21-23,25,28-29,31H,5,7,9-12,14H2,1-4H3/b8-6-,17-13+/t16-,18+,21?,22-,23-,25-/m0/s1. The van der Waals surface area contributed by atoms with Crippen LogP contribution in [0.5, 0.6) is 0 Å². The Morgan fingerprint density at radius 1 is 1.26 bits per heavy atom. The number of allylic oxidation sites excluding steroid dienone is 1. The van der Waals surface area contributed by atoms with Crippen LogP contribution in [0.1, 0.15) is 70.0 Å². The molecule has 0 saturated heterocycles. The summed E-state index contributed by atoms with van der Waals surface area (Å²) in [4.78, 5) is 30.3. The second kappa shape index (κ2) is 13.9. The van der Waals surface area contributed by atoms with E-state index in [1.165, 1.54) is 0 Å². The number of hydrogen-bond acceptors (Lipinski definition) is 8. The van der Waals surface area contributed by atoms with Gasteiger partial charge in [0.1, 0.15) is 11.9 Å². The summed E-state index contributed by atoms with van der Waals surface area (Å²) in [6, 6.07) is 0. The summed E-state index contributed by atoms with van der Waals surface area (Å²) in [6.07, 6.45) is 5.85. The first-order valence-electron chi connectivity index (χ1n) is 12.1. The van der Waals surface area contributed by atoms with Crippen LogP contribution in [0.4, 0.5) is 0 Å². The van der Waals surface area contributed by atoms with Crippen LogP contribution in [-0.4, -0.2) is 57.0 Å². The summed E-state index contributed by atoms with van der Waals surface area (Å²) in [6.45, 7) is 7.08. The van der Waals surface area contributed by atoms with Crippen LogP contribution in [0.15, 0.2) is 23.1 Å². The van der Waals surface area contributed by atoms with Gasteiger partial charge in [0.05, 0.1) is 29.3 Å². The lowest BCUT2D eigenvalue weighted by atomic mass is 9.80. The molecule has 1 unspecified atom stereocenters. The fourth-order valence-electron chi connectivity index (χ4n) is 4.35. The number of thiazole rings is 1. The molecule has 0 radical (unpaired) electrons. The van der Waals surface area contributed by atoms with Gasteiger partial charge in [-0.2, -0.15) is 0 Å². The number of carbonyl (C=O) groups excluding carboxylic acids is 2. The summed E-state index contributed by atoms with van der Waals surface area (Å²) in [5.74, 6) is -2.70. The molecule has 190 valence electrons. The van der Waals surface area contributed by atoms with Crippen molar-refractivity contribution in [3.63, 3.8) is 0 Å². The third kappa shape index (κ3) is 8.41. The smallest absolute Gasteiger partial charge is 0.309 e. The second-order valence-electron chi connectivity index (χ2n) is 9.35. The Morgan fingerprint density at radius 2 is 2.00 bits per heavy atom. The highest BCUT2D eigenvalue weighted by atomic mass is 32.1. The number of aliphatic hydroxyl groups excluding tert-OH is 3. The lowest BCUT2D eigenvalue weighted by molar-refractivity contribution is -0.151. The zero-order valence-corrected chi connectivity index (χ0v) is 21.5. The summed E-state index contributed by atoms with van der Waals surface area (Å²) in [5, 5.41) is 33.8. The highest BCUT2D eigenvalue weighted by Gasteiger charge is 2.36. The van der Waals surface area contributed by atoms with Crippen LogP contribution in [-0.2, 0) is 14.3 Å². The molecule has 7 nitrogen and oxygen atoms in total. The average Bonchev–Trinajstić information content (AvgIpc) is 3.20. The second-order valence-corrected chi connectivity index (χ2v) is 10.4. The fourth-order valence-corrected chi connectivity index (χ4v) is 4.92. The molecule has 0 fully saturated rings. The Hall–Kier alpha value is -1.87. The minimum atomic E-state index is -1.30. The summed E-state index contributed by atoms with van der Waals surface area (Å²) in [7, 11) is 0. The number of cyclic esters (lactones) is 1. The van der Waals surface area contributed by atoms with Gasteiger partial charge in [0.15, 0.2) is 0 Å². The molecule has 2 rings (SSSR count). The number of hydrogen-bond donors (Lipinski definition) is 3. The van der Waals surface area contributed by atoms with E-state index in [4.69, 9.17) is 4.74 Å². The van der Waals surface area contributed by atoms with Gasteiger partial charge in [-0.1, -0.05) is 26.0 Å². The van der Waals surface area contributed by atoms with Crippen LogP contribution >= 0.6 is 11.3 Å². The van der Waals surface area contributed by atoms with Crippen LogP contribution in [0.25, 0.3) is 6.08 Å². The Labute approximate surface area is 206 Å². The zero-order valence-electron chi connectivity index (χ0n) is 20.6. The number of ether oxygens (including phenoxy) is 1. The summed E-state index contributed by atoms with van der Waals surface area (Å²) < 4.78 is 5.72. The molecule has 34 heavy (non-hydrogen) atoms. The predicted molar refractivity (Wildman–Crippen MR) is 133 cm³/mol. The number of aryl methyl sites for hydroxylation is 1. The first kappa shape index (κ1) is 28.4. The van der Waals surface area contributed by atoms with Gasteiger partial charge in [-0.15, -0.1) is 11.3 Å². The van der Waals surface area contributed by atoms with Crippen LogP contribution < -0.4 is 0 Å². The molecule has 1 aromatic heterocycles. The van der Waals surface area contributed by atoms with Gasteiger partial charge in [0.25, 0.3) is 0 Å². The van der Waals surface area contributed by atoms with E-state index < -0.39 is 36.1 Å². The van der Waals surface area contributed by atoms with Crippen LogP contribution in [0.2, 0.25) is 0 Å². The first-order valence-corrected chi connectivity index (χ1v) is 13.0. The molecule has 1 aromatic rings. The molecule has 2 heterocycles. The van der Waals surface area contributed by atoms with E-state index in [9.17, 15) is 24.9 Å². The molecule has 8 heteroatoms. The number of rotatable bonds is 4. The Bertz CT molecular complexity index is 863. The average molecular weight is 494 g/mol. The summed E-state index contributed by atoms with van der Waals surface area (Å²) >= 11 is 1.55. The maximum atomic E-state index is 13.1. The van der Waals surface area contributed by atoms with Crippen molar-refractivity contribution >= 4 is 29.2 Å². The number of aromatic nitrogens is 1. The van der Waals surface area contributed by atoms with Crippen molar-refractivity contribution in [3.05, 3.63) is 33.8 Å². The number of carbonyl (C=O) groups is 2. The van der Waals surface area contributed by atoms with Gasteiger partial charge in [-0.25, -0.2) is 4.98 Å². The van der Waals surface area contributed by atoms with E-state index >= 15 is 0 Å². The minimum Gasteiger partial charge on any atom is -0.457 e. The number of ketones is 1. The van der Waals surface area contributed by atoms with E-state index in [1.807, 2.05) is 44.4 Å². The van der Waals surface area contributed by atoms with E-state index in [2.05, 4.69) is 4.98 Å². The molecule has 0 aromatic carbocycles. The monoisotopic (exact) mass is 493 g/mol. The lowest BCUT2D eigenvalue weighted by Crippen LogP contribution is -2.40. The Kier molecular flexibility index (Phi) is 11.6. The molecule has 0 spiro atoms. The van der Waals surface area contributed by atoms with E-state index in [1.54, 1.807) is 18.3 Å². The van der Waals surface area contributed by atoms with Crippen LogP contribution in [0.3, 0.4) is 0 Å². The van der Waals surface area contributed by atoms with Gasteiger partial charge < -0.3 is 20.1 Å². The maximum Gasteiger partial charge on any atom is 0.309 e. The summed E-state index contributed by atoms with van der Waals surface area (Å²) in [5.41, 5.74) is 1.65. The maximum absolute atomic E-state index is 13.1. The molecule has 0 bridgehead atoms. The van der Waals surface area contributed by atoms with Crippen molar-refractivity contribution in [2.75, 3.05) is 6.61 Å². The van der Waals surface area contributed by atoms with Crippen molar-refractivity contribution < 1.29 is 29.6 Å². The lowest BCUT2D eigenvalue weighted by Gasteiger charge is -2.29. The molecular formula is C26H39NO6S. The Balaban J connectivity index is 2.27. The number of nitrogens with zero attached hydrogens (tertiary/aromatic N) is 1. The van der Waals surface area contributed by atoms with Gasteiger partial charge in [0, 0.05) is 30.2 Å². The number of aliphatic hydroxyl groups is 3. The van der Waals surface area contributed by atoms with Gasteiger partial charge >= 0.3 is 5.97 Å².